The maximum atomic E-state index is 11.4. The molecule has 1 amide bonds. The predicted octanol–water partition coefficient (Wildman–Crippen LogP) is 2.67. The lowest BCUT2D eigenvalue weighted by atomic mass is 9.85. The van der Waals surface area contributed by atoms with Gasteiger partial charge in [-0.3, -0.25) is 4.79 Å². The number of likely N-dealkylation sites (N-methyl/N-ethyl adjacent to an activating group) is 1. The standard InChI is InChI=1S/C14H21ClN2O.ClH/c1-14(2,10-17-13(18)9-16-3)8-11-5-4-6-12(15)7-11;/h4-7,16H,8-10H2,1-3H3,(H,17,18);1H. The average molecular weight is 305 g/mol. The highest BCUT2D eigenvalue weighted by Crippen LogP contribution is 2.22. The summed E-state index contributed by atoms with van der Waals surface area (Å²) in [6.45, 7) is 5.27. The SMILES string of the molecule is CNCC(=O)NCC(C)(C)Cc1cccc(Cl)c1.Cl. The molecule has 0 saturated carbocycles. The Morgan fingerprint density at radius 1 is 1.37 bits per heavy atom. The lowest BCUT2D eigenvalue weighted by Gasteiger charge is -2.25. The average Bonchev–Trinajstić information content (AvgIpc) is 2.26. The Labute approximate surface area is 126 Å². The minimum atomic E-state index is 0. The monoisotopic (exact) mass is 304 g/mol. The Morgan fingerprint density at radius 2 is 2.05 bits per heavy atom. The Balaban J connectivity index is 0.00000324. The van der Waals surface area contributed by atoms with Crippen LogP contribution in [0.5, 0.6) is 0 Å². The highest BCUT2D eigenvalue weighted by Gasteiger charge is 2.19. The third kappa shape index (κ3) is 7.41. The molecule has 3 nitrogen and oxygen atoms in total. The highest BCUT2D eigenvalue weighted by molar-refractivity contribution is 6.30. The van der Waals surface area contributed by atoms with E-state index >= 15 is 0 Å². The van der Waals surface area contributed by atoms with Gasteiger partial charge in [-0.1, -0.05) is 37.6 Å². The fourth-order valence-corrected chi connectivity index (χ4v) is 2.04. The number of hydrogen-bond donors (Lipinski definition) is 2. The van der Waals surface area contributed by atoms with Crippen LogP contribution in [0.15, 0.2) is 24.3 Å². The van der Waals surface area contributed by atoms with Crippen LogP contribution in [0.3, 0.4) is 0 Å². The van der Waals surface area contributed by atoms with Gasteiger partial charge in [-0.25, -0.2) is 0 Å². The molecule has 19 heavy (non-hydrogen) atoms. The molecule has 0 spiro atoms. The number of halogens is 2. The number of benzene rings is 1. The molecule has 0 aliphatic rings. The van der Waals surface area contributed by atoms with Crippen LogP contribution in [0.4, 0.5) is 0 Å². The quantitative estimate of drug-likeness (QED) is 0.848. The van der Waals surface area contributed by atoms with Crippen LogP contribution in [-0.2, 0) is 11.2 Å². The summed E-state index contributed by atoms with van der Waals surface area (Å²) in [5, 5.41) is 6.51. The molecule has 2 N–H and O–H groups in total. The van der Waals surface area contributed by atoms with E-state index in [0.29, 0.717) is 13.1 Å². The first-order valence-electron chi connectivity index (χ1n) is 6.09. The smallest absolute Gasteiger partial charge is 0.233 e. The van der Waals surface area contributed by atoms with Gasteiger partial charge in [-0.15, -0.1) is 12.4 Å². The van der Waals surface area contributed by atoms with Crippen LogP contribution in [0, 0.1) is 5.41 Å². The van der Waals surface area contributed by atoms with Crippen LogP contribution >= 0.6 is 24.0 Å². The second-order valence-electron chi connectivity index (χ2n) is 5.28. The van der Waals surface area contributed by atoms with Gasteiger partial charge >= 0.3 is 0 Å². The van der Waals surface area contributed by atoms with Gasteiger partial charge in [0.05, 0.1) is 6.54 Å². The molecule has 0 fully saturated rings. The molecule has 0 aliphatic carbocycles. The van der Waals surface area contributed by atoms with Crippen LogP contribution in [0.2, 0.25) is 5.02 Å². The van der Waals surface area contributed by atoms with Crippen LogP contribution in [0.1, 0.15) is 19.4 Å². The Bertz CT molecular complexity index is 408. The van der Waals surface area contributed by atoms with E-state index < -0.39 is 0 Å². The first kappa shape index (κ1) is 18.2. The third-order valence-electron chi connectivity index (χ3n) is 2.67. The molecule has 0 heterocycles. The minimum absolute atomic E-state index is 0. The molecule has 5 heteroatoms. The molecule has 108 valence electrons. The Hall–Kier alpha value is -0.770. The molecule has 0 saturated heterocycles. The molecular formula is C14H22Cl2N2O. The lowest BCUT2D eigenvalue weighted by Crippen LogP contribution is -2.39. The van der Waals surface area contributed by atoms with Crippen LogP contribution < -0.4 is 10.6 Å². The molecule has 1 aromatic rings. The van der Waals surface area contributed by atoms with Crippen molar-refractivity contribution in [1.29, 1.82) is 0 Å². The first-order valence-corrected chi connectivity index (χ1v) is 6.46. The fraction of sp³-hybridized carbons (Fsp3) is 0.500. The molecule has 0 atom stereocenters. The summed E-state index contributed by atoms with van der Waals surface area (Å²) < 4.78 is 0. The lowest BCUT2D eigenvalue weighted by molar-refractivity contribution is -0.120. The van der Waals surface area contributed by atoms with Gasteiger partial charge in [0.2, 0.25) is 5.91 Å². The Kier molecular flexibility index (Phi) is 8.07. The van der Waals surface area contributed by atoms with Crippen molar-refractivity contribution in [3.05, 3.63) is 34.9 Å². The third-order valence-corrected chi connectivity index (χ3v) is 2.91. The molecule has 1 aromatic carbocycles. The fourth-order valence-electron chi connectivity index (χ4n) is 1.82. The van der Waals surface area contributed by atoms with Crippen molar-refractivity contribution >= 4 is 29.9 Å². The van der Waals surface area contributed by atoms with Crippen molar-refractivity contribution in [1.82, 2.24) is 10.6 Å². The van der Waals surface area contributed by atoms with Gasteiger partial charge in [-0.05, 0) is 36.6 Å². The van der Waals surface area contributed by atoms with E-state index in [1.165, 1.54) is 5.56 Å². The van der Waals surface area contributed by atoms with Gasteiger partial charge in [0.1, 0.15) is 0 Å². The van der Waals surface area contributed by atoms with Gasteiger partial charge in [0, 0.05) is 11.6 Å². The number of hydrogen-bond acceptors (Lipinski definition) is 2. The van der Waals surface area contributed by atoms with Crippen LogP contribution in [0.25, 0.3) is 0 Å². The number of carbonyl (C=O) groups excluding carboxylic acids is 1. The molecule has 0 bridgehead atoms. The second-order valence-corrected chi connectivity index (χ2v) is 5.71. The van der Waals surface area contributed by atoms with E-state index in [-0.39, 0.29) is 23.7 Å². The predicted molar refractivity (Wildman–Crippen MR) is 83.1 cm³/mol. The summed E-state index contributed by atoms with van der Waals surface area (Å²) in [7, 11) is 1.76. The number of rotatable bonds is 6. The molecule has 0 radical (unpaired) electrons. The van der Waals surface area contributed by atoms with Crippen molar-refractivity contribution in [2.24, 2.45) is 5.41 Å². The normalized spacial score (nSPS) is 10.7. The van der Waals surface area contributed by atoms with E-state index in [9.17, 15) is 4.79 Å². The summed E-state index contributed by atoms with van der Waals surface area (Å²) in [5.74, 6) is 0.0247. The number of amides is 1. The zero-order valence-corrected chi connectivity index (χ0v) is 13.2. The molecule has 1 rings (SSSR count). The van der Waals surface area contributed by atoms with Gasteiger partial charge < -0.3 is 10.6 Å². The minimum Gasteiger partial charge on any atom is -0.354 e. The second kappa shape index (κ2) is 8.41. The van der Waals surface area contributed by atoms with Gasteiger partial charge in [-0.2, -0.15) is 0 Å². The summed E-state index contributed by atoms with van der Waals surface area (Å²) >= 11 is 5.96. The number of carbonyl (C=O) groups is 1. The molecular weight excluding hydrogens is 283 g/mol. The zero-order chi connectivity index (χ0) is 13.6. The summed E-state index contributed by atoms with van der Waals surface area (Å²) in [5.41, 5.74) is 1.20. The van der Waals surface area contributed by atoms with E-state index in [0.717, 1.165) is 11.4 Å². The largest absolute Gasteiger partial charge is 0.354 e. The summed E-state index contributed by atoms with van der Waals surface area (Å²) in [4.78, 5) is 11.4. The van der Waals surface area contributed by atoms with Crippen molar-refractivity contribution in [2.45, 2.75) is 20.3 Å². The van der Waals surface area contributed by atoms with E-state index in [1.54, 1.807) is 7.05 Å². The molecule has 0 aliphatic heterocycles. The van der Waals surface area contributed by atoms with E-state index in [1.807, 2.05) is 18.2 Å². The number of nitrogens with one attached hydrogen (secondary N) is 2. The van der Waals surface area contributed by atoms with E-state index in [4.69, 9.17) is 11.6 Å². The van der Waals surface area contributed by atoms with Crippen molar-refractivity contribution in [3.8, 4) is 0 Å². The van der Waals surface area contributed by atoms with Gasteiger partial charge in [0.15, 0.2) is 0 Å². The zero-order valence-electron chi connectivity index (χ0n) is 11.6. The summed E-state index contributed by atoms with van der Waals surface area (Å²) in [6.07, 6.45) is 0.882. The molecule has 0 aromatic heterocycles. The highest BCUT2D eigenvalue weighted by atomic mass is 35.5. The van der Waals surface area contributed by atoms with E-state index in [2.05, 4.69) is 30.5 Å². The summed E-state index contributed by atoms with van der Waals surface area (Å²) in [6, 6.07) is 7.85. The molecule has 0 unspecified atom stereocenters. The maximum Gasteiger partial charge on any atom is 0.233 e. The first-order chi connectivity index (χ1) is 8.43. The van der Waals surface area contributed by atoms with Crippen molar-refractivity contribution in [2.75, 3.05) is 20.1 Å². The van der Waals surface area contributed by atoms with Gasteiger partial charge in [0.25, 0.3) is 0 Å². The van der Waals surface area contributed by atoms with Crippen molar-refractivity contribution < 1.29 is 4.79 Å². The Morgan fingerprint density at radius 3 is 2.63 bits per heavy atom. The topological polar surface area (TPSA) is 41.1 Å². The van der Waals surface area contributed by atoms with Crippen LogP contribution in [-0.4, -0.2) is 26.0 Å². The maximum absolute atomic E-state index is 11.4. The van der Waals surface area contributed by atoms with Crippen molar-refractivity contribution in [3.63, 3.8) is 0 Å².